The molecule has 1 fully saturated rings. The molecule has 1 N–H and O–H groups in total. The molecule has 2 aliphatic carbocycles. The van der Waals surface area contributed by atoms with Gasteiger partial charge in [-0.3, -0.25) is 9.59 Å². The second kappa shape index (κ2) is 7.63. The van der Waals surface area contributed by atoms with Gasteiger partial charge in [0.25, 0.3) is 0 Å². The number of ether oxygens (including phenoxy) is 1. The number of carbonyl (C=O) groups excluding carboxylic acids is 2. The summed E-state index contributed by atoms with van der Waals surface area (Å²) in [5.41, 5.74) is 3.24. The highest BCUT2D eigenvalue weighted by Gasteiger charge is 2.44. The maximum absolute atomic E-state index is 13.1. The molecule has 4 rings (SSSR count). The third-order valence-electron chi connectivity index (χ3n) is 5.83. The van der Waals surface area contributed by atoms with Crippen molar-refractivity contribution in [2.75, 3.05) is 0 Å². The average Bonchev–Trinajstić information content (AvgIpc) is 3.13. The summed E-state index contributed by atoms with van der Waals surface area (Å²) in [5.74, 6) is -1.07. The van der Waals surface area contributed by atoms with E-state index in [9.17, 15) is 9.59 Å². The van der Waals surface area contributed by atoms with Crippen molar-refractivity contribution in [2.24, 2.45) is 5.92 Å². The Hall–Kier alpha value is -1.88. The minimum atomic E-state index is -0.583. The van der Waals surface area contributed by atoms with E-state index in [1.165, 1.54) is 0 Å². The SMILES string of the molecule is C=C1NC2=C(C(=O)CCC2)C(c2cccc(Br)c2)C1C(=O)OC1CCCC1. The molecule has 1 aromatic rings. The summed E-state index contributed by atoms with van der Waals surface area (Å²) >= 11 is 3.52. The van der Waals surface area contributed by atoms with Gasteiger partial charge in [0.2, 0.25) is 0 Å². The number of rotatable bonds is 3. The van der Waals surface area contributed by atoms with E-state index in [0.29, 0.717) is 12.1 Å². The van der Waals surface area contributed by atoms with Crippen LogP contribution in [0.15, 0.2) is 52.3 Å². The molecule has 2 unspecified atom stereocenters. The molecular weight excluding hydrogens is 406 g/mol. The Morgan fingerprint density at radius 1 is 1.19 bits per heavy atom. The van der Waals surface area contributed by atoms with E-state index in [-0.39, 0.29) is 23.8 Å². The van der Waals surface area contributed by atoms with E-state index in [2.05, 4.69) is 27.8 Å². The predicted molar refractivity (Wildman–Crippen MR) is 107 cm³/mol. The fraction of sp³-hybridized carbons (Fsp3) is 0.455. The third-order valence-corrected chi connectivity index (χ3v) is 6.33. The lowest BCUT2D eigenvalue weighted by Gasteiger charge is -2.38. The van der Waals surface area contributed by atoms with Crippen molar-refractivity contribution in [2.45, 2.75) is 57.0 Å². The molecule has 3 aliphatic rings. The number of carbonyl (C=O) groups is 2. The second-order valence-corrected chi connectivity index (χ2v) is 8.59. The van der Waals surface area contributed by atoms with Gasteiger partial charge in [-0.25, -0.2) is 0 Å². The number of nitrogens with one attached hydrogen (secondary N) is 1. The molecule has 1 saturated carbocycles. The van der Waals surface area contributed by atoms with Gasteiger partial charge >= 0.3 is 5.97 Å². The lowest BCUT2D eigenvalue weighted by atomic mass is 9.71. The molecule has 0 bridgehead atoms. The van der Waals surface area contributed by atoms with E-state index in [1.807, 2.05) is 24.3 Å². The lowest BCUT2D eigenvalue weighted by molar-refractivity contribution is -0.153. The van der Waals surface area contributed by atoms with Gasteiger partial charge < -0.3 is 10.1 Å². The van der Waals surface area contributed by atoms with Gasteiger partial charge in [0.1, 0.15) is 12.0 Å². The Labute approximate surface area is 168 Å². The summed E-state index contributed by atoms with van der Waals surface area (Å²) in [7, 11) is 0. The number of benzene rings is 1. The zero-order valence-electron chi connectivity index (χ0n) is 15.3. The van der Waals surface area contributed by atoms with Crippen LogP contribution in [-0.2, 0) is 14.3 Å². The second-order valence-electron chi connectivity index (χ2n) is 7.67. The van der Waals surface area contributed by atoms with Crippen LogP contribution in [0.25, 0.3) is 0 Å². The lowest BCUT2D eigenvalue weighted by Crippen LogP contribution is -2.41. The molecule has 1 heterocycles. The molecule has 0 aromatic heterocycles. The first-order chi connectivity index (χ1) is 13.0. The quantitative estimate of drug-likeness (QED) is 0.703. The Balaban J connectivity index is 1.75. The predicted octanol–water partition coefficient (Wildman–Crippen LogP) is 4.76. The normalized spacial score (nSPS) is 26.0. The summed E-state index contributed by atoms with van der Waals surface area (Å²) in [6, 6.07) is 7.86. The molecule has 0 saturated heterocycles. The molecule has 1 aromatic carbocycles. The molecular formula is C22H24BrNO3. The largest absolute Gasteiger partial charge is 0.462 e. The zero-order chi connectivity index (χ0) is 19.0. The number of allylic oxidation sites excluding steroid dienone is 2. The first kappa shape index (κ1) is 18.5. The monoisotopic (exact) mass is 429 g/mol. The Morgan fingerprint density at radius 2 is 1.96 bits per heavy atom. The van der Waals surface area contributed by atoms with Crippen molar-refractivity contribution in [3.63, 3.8) is 0 Å². The van der Waals surface area contributed by atoms with Crippen LogP contribution in [0.1, 0.15) is 56.4 Å². The first-order valence-corrected chi connectivity index (χ1v) is 10.5. The highest BCUT2D eigenvalue weighted by Crippen LogP contribution is 2.45. The first-order valence-electron chi connectivity index (χ1n) is 9.72. The number of hydrogen-bond donors (Lipinski definition) is 1. The van der Waals surface area contributed by atoms with Crippen LogP contribution in [0.4, 0.5) is 0 Å². The van der Waals surface area contributed by atoms with Crippen LogP contribution in [-0.4, -0.2) is 17.9 Å². The molecule has 5 heteroatoms. The standard InChI is InChI=1S/C22H24BrNO3/c1-13-19(22(26)27-16-8-2-3-9-16)20(14-6-4-7-15(23)12-14)21-17(24-13)10-5-11-18(21)25/h4,6-7,12,16,19-20,24H,1-3,5,8-11H2. The molecule has 4 nitrogen and oxygen atoms in total. The Bertz CT molecular complexity index is 823. The highest BCUT2D eigenvalue weighted by atomic mass is 79.9. The highest BCUT2D eigenvalue weighted by molar-refractivity contribution is 9.10. The molecule has 1 aliphatic heterocycles. The zero-order valence-corrected chi connectivity index (χ0v) is 16.9. The fourth-order valence-electron chi connectivity index (χ4n) is 4.58. The summed E-state index contributed by atoms with van der Waals surface area (Å²) in [6.07, 6.45) is 6.22. The summed E-state index contributed by atoms with van der Waals surface area (Å²) in [6.45, 7) is 4.14. The number of ketones is 1. The van der Waals surface area contributed by atoms with Crippen molar-refractivity contribution < 1.29 is 14.3 Å². The van der Waals surface area contributed by atoms with E-state index in [4.69, 9.17) is 4.74 Å². The number of Topliss-reactive ketones (excluding diaryl/α,β-unsaturated/α-hetero) is 1. The Kier molecular flexibility index (Phi) is 5.22. The van der Waals surface area contributed by atoms with Crippen molar-refractivity contribution in [3.05, 3.63) is 57.8 Å². The molecule has 0 radical (unpaired) electrons. The Morgan fingerprint density at radius 3 is 2.70 bits per heavy atom. The van der Waals surface area contributed by atoms with Crippen LogP contribution in [0, 0.1) is 5.92 Å². The van der Waals surface area contributed by atoms with Gasteiger partial charge in [-0.15, -0.1) is 0 Å². The minimum absolute atomic E-state index is 0.00843. The topological polar surface area (TPSA) is 55.4 Å². The minimum Gasteiger partial charge on any atom is -0.462 e. The molecule has 0 spiro atoms. The van der Waals surface area contributed by atoms with Gasteiger partial charge in [-0.05, 0) is 56.2 Å². The number of hydrogen-bond acceptors (Lipinski definition) is 4. The van der Waals surface area contributed by atoms with Crippen molar-refractivity contribution in [3.8, 4) is 0 Å². The maximum atomic E-state index is 13.1. The van der Waals surface area contributed by atoms with Crippen molar-refractivity contribution in [1.29, 1.82) is 0 Å². The van der Waals surface area contributed by atoms with Gasteiger partial charge in [-0.2, -0.15) is 0 Å². The van der Waals surface area contributed by atoms with Crippen LogP contribution in [0.5, 0.6) is 0 Å². The molecule has 0 amide bonds. The average molecular weight is 430 g/mol. The van der Waals surface area contributed by atoms with Crippen molar-refractivity contribution >= 4 is 27.7 Å². The molecule has 142 valence electrons. The van der Waals surface area contributed by atoms with Crippen molar-refractivity contribution in [1.82, 2.24) is 5.32 Å². The number of halogens is 1. The van der Waals surface area contributed by atoms with E-state index < -0.39 is 5.92 Å². The van der Waals surface area contributed by atoms with E-state index >= 15 is 0 Å². The van der Waals surface area contributed by atoms with E-state index in [0.717, 1.165) is 59.8 Å². The third kappa shape index (κ3) is 3.62. The summed E-state index contributed by atoms with van der Waals surface area (Å²) < 4.78 is 6.76. The van der Waals surface area contributed by atoms with Gasteiger partial charge in [0.05, 0.1) is 0 Å². The molecule has 27 heavy (non-hydrogen) atoms. The van der Waals surface area contributed by atoms with Crippen LogP contribution in [0.3, 0.4) is 0 Å². The maximum Gasteiger partial charge on any atom is 0.316 e. The van der Waals surface area contributed by atoms with Gasteiger partial charge in [0, 0.05) is 33.8 Å². The van der Waals surface area contributed by atoms with Gasteiger partial charge in [-0.1, -0.05) is 34.6 Å². The van der Waals surface area contributed by atoms with Gasteiger partial charge in [0.15, 0.2) is 5.78 Å². The van der Waals surface area contributed by atoms with Crippen LogP contribution >= 0.6 is 15.9 Å². The number of esters is 1. The van der Waals surface area contributed by atoms with Crippen LogP contribution < -0.4 is 5.32 Å². The smallest absolute Gasteiger partial charge is 0.316 e. The molecule has 2 atom stereocenters. The van der Waals surface area contributed by atoms with E-state index in [1.54, 1.807) is 0 Å². The van der Waals surface area contributed by atoms with Crippen LogP contribution in [0.2, 0.25) is 0 Å². The fourth-order valence-corrected chi connectivity index (χ4v) is 4.99. The summed E-state index contributed by atoms with van der Waals surface area (Å²) in [5, 5.41) is 3.27. The summed E-state index contributed by atoms with van der Waals surface area (Å²) in [4.78, 5) is 26.0.